The number of rotatable bonds is 8. The number of benzene rings is 3. The quantitative estimate of drug-likeness (QED) is 0.259. The molecule has 204 valence electrons. The van der Waals surface area contributed by atoms with Crippen molar-refractivity contribution in [1.29, 1.82) is 0 Å². The maximum absolute atomic E-state index is 15.4. The Kier molecular flexibility index (Phi) is 8.38. The molecule has 1 atom stereocenters. The Labute approximate surface area is 217 Å². The fourth-order valence-corrected chi connectivity index (χ4v) is 5.31. The fraction of sp³-hybridized carbons (Fsp3) is 0.400. The molecule has 0 amide bonds. The summed E-state index contributed by atoms with van der Waals surface area (Å²) in [6.45, 7) is 2.20. The molecule has 1 saturated carbocycles. The number of hydrogen-bond acceptors (Lipinski definition) is 1. The molecule has 0 aliphatic heterocycles. The maximum atomic E-state index is 15.4. The summed E-state index contributed by atoms with van der Waals surface area (Å²) in [6.07, 6.45) is -8.83. The molecule has 8 heteroatoms. The fourth-order valence-electron chi connectivity index (χ4n) is 5.31. The van der Waals surface area contributed by atoms with Crippen LogP contribution >= 0.6 is 0 Å². The van der Waals surface area contributed by atoms with Crippen molar-refractivity contribution in [3.05, 3.63) is 78.1 Å². The molecular weight excluding hydrogens is 509 g/mol. The summed E-state index contributed by atoms with van der Waals surface area (Å²) in [7, 11) is 0. The van der Waals surface area contributed by atoms with Gasteiger partial charge < -0.3 is 4.74 Å². The van der Waals surface area contributed by atoms with Gasteiger partial charge in [-0.05, 0) is 65.8 Å². The highest BCUT2D eigenvalue weighted by atomic mass is 19.4. The molecule has 0 heterocycles. The van der Waals surface area contributed by atoms with E-state index in [1.165, 1.54) is 43.4 Å². The van der Waals surface area contributed by atoms with Crippen LogP contribution in [0.1, 0.15) is 56.9 Å². The van der Waals surface area contributed by atoms with Gasteiger partial charge >= 0.3 is 12.3 Å². The minimum atomic E-state index is -5.87. The highest BCUT2D eigenvalue weighted by molar-refractivity contribution is 5.84. The van der Waals surface area contributed by atoms with Crippen molar-refractivity contribution in [1.82, 2.24) is 0 Å². The van der Waals surface area contributed by atoms with E-state index in [0.29, 0.717) is 17.0 Å². The van der Waals surface area contributed by atoms with Crippen molar-refractivity contribution < 1.29 is 35.5 Å². The van der Waals surface area contributed by atoms with Gasteiger partial charge in [0, 0.05) is 5.56 Å². The first-order valence-electron chi connectivity index (χ1n) is 12.8. The van der Waals surface area contributed by atoms with Crippen LogP contribution in [0, 0.1) is 11.7 Å². The van der Waals surface area contributed by atoms with E-state index in [2.05, 4.69) is 17.7 Å². The lowest BCUT2D eigenvalue weighted by Crippen LogP contribution is -2.45. The van der Waals surface area contributed by atoms with Crippen LogP contribution in [0.5, 0.6) is 5.75 Å². The average molecular weight is 539 g/mol. The smallest absolute Gasteiger partial charge is 0.427 e. The second-order valence-corrected chi connectivity index (χ2v) is 9.86. The Balaban J connectivity index is 1.64. The maximum Gasteiger partial charge on any atom is 0.439 e. The van der Waals surface area contributed by atoms with Crippen molar-refractivity contribution in [2.45, 2.75) is 69.8 Å². The van der Waals surface area contributed by atoms with Crippen LogP contribution in [0.25, 0.3) is 22.3 Å². The van der Waals surface area contributed by atoms with E-state index in [0.717, 1.165) is 30.4 Å². The topological polar surface area (TPSA) is 9.23 Å². The first kappa shape index (κ1) is 28.0. The summed E-state index contributed by atoms with van der Waals surface area (Å²) < 4.78 is 97.9. The van der Waals surface area contributed by atoms with E-state index in [1.54, 1.807) is 24.3 Å². The van der Waals surface area contributed by atoms with Gasteiger partial charge in [0.1, 0.15) is 0 Å². The number of ether oxygens (including phenoxy) is 1. The number of alkyl halides is 6. The molecule has 3 aromatic rings. The predicted octanol–water partition coefficient (Wildman–Crippen LogP) is 10.1. The SMILES string of the molecule is CCCC1CCC(c2cccc(-c3ccccc3-c3cccc(OC(F)(F)C(F)C(F)(F)F)c3F)c2)CC1. The van der Waals surface area contributed by atoms with Crippen LogP contribution in [0.2, 0.25) is 0 Å². The van der Waals surface area contributed by atoms with Gasteiger partial charge in [0.2, 0.25) is 0 Å². The molecule has 1 nitrogen and oxygen atoms in total. The third kappa shape index (κ3) is 6.16. The molecule has 0 bridgehead atoms. The molecule has 1 unspecified atom stereocenters. The van der Waals surface area contributed by atoms with Crippen LogP contribution in [0.3, 0.4) is 0 Å². The molecule has 1 aliphatic carbocycles. The summed E-state index contributed by atoms with van der Waals surface area (Å²) >= 11 is 0. The van der Waals surface area contributed by atoms with Gasteiger partial charge in [0.25, 0.3) is 6.17 Å². The third-order valence-corrected chi connectivity index (χ3v) is 7.22. The van der Waals surface area contributed by atoms with Gasteiger partial charge in [-0.25, -0.2) is 8.78 Å². The zero-order valence-corrected chi connectivity index (χ0v) is 20.9. The summed E-state index contributed by atoms with van der Waals surface area (Å²) in [5.41, 5.74) is 2.78. The Morgan fingerprint density at radius 3 is 2.11 bits per heavy atom. The Bertz CT molecular complexity index is 1230. The van der Waals surface area contributed by atoms with Gasteiger partial charge in [-0.2, -0.15) is 22.0 Å². The second kappa shape index (κ2) is 11.4. The average Bonchev–Trinajstić information content (AvgIpc) is 2.89. The Morgan fingerprint density at radius 1 is 0.816 bits per heavy atom. The van der Waals surface area contributed by atoms with E-state index in [-0.39, 0.29) is 5.56 Å². The molecule has 4 rings (SSSR count). The van der Waals surface area contributed by atoms with Crippen LogP contribution in [0.15, 0.2) is 66.7 Å². The van der Waals surface area contributed by atoms with Gasteiger partial charge in [-0.3, -0.25) is 0 Å². The van der Waals surface area contributed by atoms with E-state index in [9.17, 15) is 26.3 Å². The van der Waals surface area contributed by atoms with E-state index in [1.807, 2.05) is 18.2 Å². The van der Waals surface area contributed by atoms with Crippen molar-refractivity contribution in [3.63, 3.8) is 0 Å². The normalized spacial score (nSPS) is 19.3. The first-order valence-corrected chi connectivity index (χ1v) is 12.8. The Hall–Kier alpha value is -3.03. The highest BCUT2D eigenvalue weighted by Gasteiger charge is 2.59. The largest absolute Gasteiger partial charge is 0.439 e. The van der Waals surface area contributed by atoms with E-state index in [4.69, 9.17) is 0 Å². The molecular formula is C30H29F7O. The number of hydrogen-bond donors (Lipinski definition) is 0. The molecule has 38 heavy (non-hydrogen) atoms. The molecule has 0 N–H and O–H groups in total. The van der Waals surface area contributed by atoms with Crippen LogP contribution in [-0.2, 0) is 0 Å². The van der Waals surface area contributed by atoms with Crippen molar-refractivity contribution >= 4 is 0 Å². The third-order valence-electron chi connectivity index (χ3n) is 7.22. The molecule has 0 saturated heterocycles. The monoisotopic (exact) mass is 538 g/mol. The molecule has 1 aliphatic rings. The highest BCUT2D eigenvalue weighted by Crippen LogP contribution is 2.42. The van der Waals surface area contributed by atoms with Gasteiger partial charge in [0.15, 0.2) is 11.6 Å². The molecule has 0 radical (unpaired) electrons. The Morgan fingerprint density at radius 2 is 1.45 bits per heavy atom. The second-order valence-electron chi connectivity index (χ2n) is 9.86. The van der Waals surface area contributed by atoms with Crippen molar-refractivity contribution in [2.24, 2.45) is 5.92 Å². The lowest BCUT2D eigenvalue weighted by molar-refractivity contribution is -0.305. The standard InChI is InChI=1S/C30H29F7O/c1-2-7-19-14-16-20(17-15-19)21-8-5-9-22(18-21)23-10-3-4-11-24(23)25-12-6-13-26(27(25)31)38-30(36,37)28(32)29(33,34)35/h3-6,8-13,18-20,28H,2,7,14-17H2,1H3. The molecule has 3 aromatic carbocycles. The number of halogens is 7. The van der Waals surface area contributed by atoms with Crippen molar-refractivity contribution in [2.75, 3.05) is 0 Å². The van der Waals surface area contributed by atoms with Gasteiger partial charge in [-0.1, -0.05) is 80.4 Å². The zero-order valence-electron chi connectivity index (χ0n) is 20.9. The van der Waals surface area contributed by atoms with Crippen LogP contribution in [0.4, 0.5) is 30.7 Å². The lowest BCUT2D eigenvalue weighted by Gasteiger charge is -2.29. The van der Waals surface area contributed by atoms with Crippen molar-refractivity contribution in [3.8, 4) is 28.0 Å². The summed E-state index contributed by atoms with van der Waals surface area (Å²) in [6, 6.07) is 17.9. The predicted molar refractivity (Wildman–Crippen MR) is 133 cm³/mol. The molecule has 0 aromatic heterocycles. The molecule has 1 fully saturated rings. The summed E-state index contributed by atoms with van der Waals surface area (Å²) in [4.78, 5) is 0. The molecule has 0 spiro atoms. The van der Waals surface area contributed by atoms with E-state index >= 15 is 4.39 Å². The zero-order chi connectivity index (χ0) is 27.5. The lowest BCUT2D eigenvalue weighted by atomic mass is 9.77. The van der Waals surface area contributed by atoms with Gasteiger partial charge in [-0.15, -0.1) is 0 Å². The minimum Gasteiger partial charge on any atom is -0.427 e. The minimum absolute atomic E-state index is 0.151. The summed E-state index contributed by atoms with van der Waals surface area (Å²) in [5.74, 6) is -1.31. The summed E-state index contributed by atoms with van der Waals surface area (Å²) in [5, 5.41) is 0. The first-order chi connectivity index (χ1) is 18.0. The van der Waals surface area contributed by atoms with E-state index < -0.39 is 30.0 Å². The van der Waals surface area contributed by atoms with Crippen LogP contribution in [-0.4, -0.2) is 18.5 Å². The van der Waals surface area contributed by atoms with Crippen LogP contribution < -0.4 is 4.74 Å². The van der Waals surface area contributed by atoms with Gasteiger partial charge in [0.05, 0.1) is 0 Å².